The van der Waals surface area contributed by atoms with Crippen LogP contribution in [-0.2, 0) is 9.59 Å². The second kappa shape index (κ2) is 9.59. The number of nitrogens with zero attached hydrogens (tertiary/aromatic N) is 1. The van der Waals surface area contributed by atoms with Gasteiger partial charge in [-0.2, -0.15) is 0 Å². The number of unbranched alkanes of at least 4 members (excludes halogenated alkanes) is 2. The lowest BCUT2D eigenvalue weighted by atomic mass is 10.2. The maximum absolute atomic E-state index is 12.3. The Balaban J connectivity index is 2.14. The SMILES string of the molecule is CCCCCOc1ccc(/C=C2\SC(=S)N(CC(=O)[O-])C2=O)cc1OC. The van der Waals surface area contributed by atoms with E-state index in [-0.39, 0.29) is 4.32 Å². The fourth-order valence-electron chi connectivity index (χ4n) is 2.34. The third-order valence-corrected chi connectivity index (χ3v) is 5.03. The number of hydrogen-bond acceptors (Lipinski definition) is 7. The summed E-state index contributed by atoms with van der Waals surface area (Å²) < 4.78 is 11.3. The van der Waals surface area contributed by atoms with Crippen LogP contribution >= 0.6 is 24.0 Å². The number of aliphatic carboxylic acids is 1. The monoisotopic (exact) mass is 394 g/mol. The molecule has 1 saturated heterocycles. The van der Waals surface area contributed by atoms with Gasteiger partial charge in [-0.25, -0.2) is 0 Å². The number of thioether (sulfide) groups is 1. The molecule has 26 heavy (non-hydrogen) atoms. The molecule has 0 aromatic heterocycles. The molecule has 2 rings (SSSR count). The molecule has 1 aromatic carbocycles. The van der Waals surface area contributed by atoms with Crippen molar-refractivity contribution in [1.82, 2.24) is 4.90 Å². The molecule has 8 heteroatoms. The summed E-state index contributed by atoms with van der Waals surface area (Å²) in [6.45, 7) is 2.20. The van der Waals surface area contributed by atoms with Crippen LogP contribution in [0.3, 0.4) is 0 Å². The lowest BCUT2D eigenvalue weighted by Gasteiger charge is -2.14. The fraction of sp³-hybridized carbons (Fsp3) is 0.389. The van der Waals surface area contributed by atoms with Crippen LogP contribution in [-0.4, -0.2) is 41.4 Å². The third kappa shape index (κ3) is 5.22. The van der Waals surface area contributed by atoms with Gasteiger partial charge >= 0.3 is 0 Å². The molecule has 140 valence electrons. The standard InChI is InChI=1S/C18H21NO5S2/c1-3-4-5-8-24-13-7-6-12(9-14(13)23-2)10-15-17(22)19(11-16(20)21)18(25)26-15/h6-7,9-10H,3-5,8,11H2,1-2H3,(H,20,21)/p-1/b15-10-. The molecule has 0 N–H and O–H groups in total. The van der Waals surface area contributed by atoms with Gasteiger partial charge in [-0.05, 0) is 30.2 Å². The second-order valence-electron chi connectivity index (χ2n) is 5.61. The minimum Gasteiger partial charge on any atom is -0.548 e. The maximum atomic E-state index is 12.3. The third-order valence-electron chi connectivity index (χ3n) is 3.65. The highest BCUT2D eigenvalue weighted by Crippen LogP contribution is 2.34. The van der Waals surface area contributed by atoms with Crippen molar-refractivity contribution in [3.63, 3.8) is 0 Å². The Morgan fingerprint density at radius 2 is 2.12 bits per heavy atom. The summed E-state index contributed by atoms with van der Waals surface area (Å²) in [5, 5.41) is 10.7. The average molecular weight is 394 g/mol. The first-order valence-electron chi connectivity index (χ1n) is 8.22. The van der Waals surface area contributed by atoms with E-state index >= 15 is 0 Å². The summed E-state index contributed by atoms with van der Waals surface area (Å²) in [6.07, 6.45) is 4.85. The lowest BCUT2D eigenvalue weighted by molar-refractivity contribution is -0.305. The molecule has 1 heterocycles. The number of hydrogen-bond donors (Lipinski definition) is 0. The largest absolute Gasteiger partial charge is 0.548 e. The number of carboxylic acid groups (broad SMARTS) is 1. The smallest absolute Gasteiger partial charge is 0.266 e. The number of carboxylic acids is 1. The Labute approximate surface area is 162 Å². The molecular weight excluding hydrogens is 374 g/mol. The first-order valence-corrected chi connectivity index (χ1v) is 9.44. The Morgan fingerprint density at radius 3 is 2.77 bits per heavy atom. The number of carbonyl (C=O) groups excluding carboxylic acids is 2. The van der Waals surface area contributed by atoms with E-state index in [0.29, 0.717) is 23.0 Å². The van der Waals surface area contributed by atoms with Gasteiger partial charge in [-0.15, -0.1) is 0 Å². The predicted octanol–water partition coefficient (Wildman–Crippen LogP) is 2.22. The molecule has 0 aliphatic carbocycles. The van der Waals surface area contributed by atoms with Crippen LogP contribution in [0.4, 0.5) is 0 Å². The Morgan fingerprint density at radius 1 is 1.35 bits per heavy atom. The van der Waals surface area contributed by atoms with E-state index in [0.717, 1.165) is 41.5 Å². The van der Waals surface area contributed by atoms with Crippen molar-refractivity contribution < 1.29 is 24.2 Å². The number of benzene rings is 1. The van der Waals surface area contributed by atoms with Crippen LogP contribution in [0.1, 0.15) is 31.7 Å². The quantitative estimate of drug-likeness (QED) is 0.361. The van der Waals surface area contributed by atoms with Gasteiger partial charge in [0.15, 0.2) is 11.5 Å². The van der Waals surface area contributed by atoms with Gasteiger partial charge in [0.25, 0.3) is 5.91 Å². The molecule has 1 aliphatic rings. The summed E-state index contributed by atoms with van der Waals surface area (Å²) in [5.41, 5.74) is 0.733. The minimum atomic E-state index is -1.35. The van der Waals surface area contributed by atoms with Gasteiger partial charge in [0.1, 0.15) is 4.32 Å². The van der Waals surface area contributed by atoms with E-state index in [1.54, 1.807) is 25.3 Å². The predicted molar refractivity (Wildman–Crippen MR) is 103 cm³/mol. The summed E-state index contributed by atoms with van der Waals surface area (Å²) in [4.78, 5) is 24.4. The van der Waals surface area contributed by atoms with E-state index in [9.17, 15) is 14.7 Å². The van der Waals surface area contributed by atoms with Crippen LogP contribution < -0.4 is 14.6 Å². The number of ether oxygens (including phenoxy) is 2. The Kier molecular flexibility index (Phi) is 7.47. The highest BCUT2D eigenvalue weighted by molar-refractivity contribution is 8.26. The summed E-state index contributed by atoms with van der Waals surface area (Å²) in [7, 11) is 1.55. The molecule has 0 bridgehead atoms. The average Bonchev–Trinajstić information content (AvgIpc) is 2.86. The highest BCUT2D eigenvalue weighted by atomic mass is 32.2. The van der Waals surface area contributed by atoms with E-state index < -0.39 is 18.4 Å². The zero-order valence-electron chi connectivity index (χ0n) is 14.6. The molecule has 0 radical (unpaired) electrons. The van der Waals surface area contributed by atoms with Gasteiger partial charge < -0.3 is 19.4 Å². The fourth-order valence-corrected chi connectivity index (χ4v) is 3.60. The molecule has 1 fully saturated rings. The Bertz CT molecular complexity index is 732. The number of rotatable bonds is 9. The molecular formula is C18H20NO5S2-. The zero-order valence-corrected chi connectivity index (χ0v) is 16.3. The van der Waals surface area contributed by atoms with E-state index in [4.69, 9.17) is 21.7 Å². The Hall–Kier alpha value is -2.06. The summed E-state index contributed by atoms with van der Waals surface area (Å²) >= 11 is 6.12. The number of carbonyl (C=O) groups is 2. The molecule has 1 amide bonds. The van der Waals surface area contributed by atoms with Gasteiger partial charge in [0.2, 0.25) is 0 Å². The second-order valence-corrected chi connectivity index (χ2v) is 7.28. The number of methoxy groups -OCH3 is 1. The van der Waals surface area contributed by atoms with Crippen LogP contribution in [0.25, 0.3) is 6.08 Å². The zero-order chi connectivity index (χ0) is 19.1. The van der Waals surface area contributed by atoms with Crippen LogP contribution in [0.2, 0.25) is 0 Å². The summed E-state index contributed by atoms with van der Waals surface area (Å²) in [5.74, 6) is -0.581. The molecule has 0 spiro atoms. The van der Waals surface area contributed by atoms with Gasteiger partial charge in [-0.1, -0.05) is 49.8 Å². The number of amides is 1. The van der Waals surface area contributed by atoms with Crippen LogP contribution in [0.5, 0.6) is 11.5 Å². The van der Waals surface area contributed by atoms with Crippen molar-refractivity contribution in [2.45, 2.75) is 26.2 Å². The van der Waals surface area contributed by atoms with E-state index in [2.05, 4.69) is 6.92 Å². The molecule has 0 atom stereocenters. The molecule has 1 aromatic rings. The van der Waals surface area contributed by atoms with Crippen molar-refractivity contribution >= 4 is 46.3 Å². The molecule has 6 nitrogen and oxygen atoms in total. The van der Waals surface area contributed by atoms with Gasteiger partial charge in [-0.3, -0.25) is 9.69 Å². The minimum absolute atomic E-state index is 0.202. The van der Waals surface area contributed by atoms with Crippen molar-refractivity contribution in [3.8, 4) is 11.5 Å². The molecule has 1 aliphatic heterocycles. The van der Waals surface area contributed by atoms with Crippen molar-refractivity contribution in [3.05, 3.63) is 28.7 Å². The van der Waals surface area contributed by atoms with Crippen molar-refractivity contribution in [2.75, 3.05) is 20.3 Å². The highest BCUT2D eigenvalue weighted by Gasteiger charge is 2.31. The molecule has 0 unspecified atom stereocenters. The van der Waals surface area contributed by atoms with Gasteiger partial charge in [0, 0.05) is 0 Å². The summed E-state index contributed by atoms with van der Waals surface area (Å²) in [6, 6.07) is 5.36. The van der Waals surface area contributed by atoms with E-state index in [1.165, 1.54) is 0 Å². The van der Waals surface area contributed by atoms with Crippen molar-refractivity contribution in [1.29, 1.82) is 0 Å². The van der Waals surface area contributed by atoms with Gasteiger partial charge in [0.05, 0.1) is 31.1 Å². The molecule has 0 saturated carbocycles. The normalized spacial score (nSPS) is 15.6. The van der Waals surface area contributed by atoms with E-state index in [1.807, 2.05) is 6.07 Å². The lowest BCUT2D eigenvalue weighted by Crippen LogP contribution is -2.40. The van der Waals surface area contributed by atoms with Crippen molar-refractivity contribution in [2.24, 2.45) is 0 Å². The topological polar surface area (TPSA) is 78.9 Å². The first kappa shape index (κ1) is 20.3. The maximum Gasteiger partial charge on any atom is 0.266 e. The number of thiocarbonyl (C=S) groups is 1. The van der Waals surface area contributed by atoms with Crippen LogP contribution in [0.15, 0.2) is 23.1 Å². The first-order chi connectivity index (χ1) is 12.5. The van der Waals surface area contributed by atoms with Crippen LogP contribution in [0, 0.1) is 0 Å².